The first-order valence-corrected chi connectivity index (χ1v) is 9.27. The van der Waals surface area contributed by atoms with Gasteiger partial charge in [-0.15, -0.1) is 0 Å². The van der Waals surface area contributed by atoms with Gasteiger partial charge in [-0.2, -0.15) is 8.78 Å². The van der Waals surface area contributed by atoms with Gasteiger partial charge in [0.25, 0.3) is 5.91 Å². The van der Waals surface area contributed by atoms with Crippen LogP contribution in [-0.2, 0) is 4.79 Å². The highest BCUT2D eigenvalue weighted by atomic mass is 19.3. The van der Waals surface area contributed by atoms with Gasteiger partial charge in [-0.05, 0) is 38.5 Å². The van der Waals surface area contributed by atoms with Crippen LogP contribution in [0.4, 0.5) is 14.5 Å². The van der Waals surface area contributed by atoms with Crippen molar-refractivity contribution in [2.75, 3.05) is 24.5 Å². The molecule has 0 saturated carbocycles. The van der Waals surface area contributed by atoms with Crippen LogP contribution in [0.2, 0.25) is 0 Å². The average Bonchev–Trinajstić information content (AvgIpc) is 3.25. The highest BCUT2D eigenvalue weighted by molar-refractivity contribution is 5.97. The van der Waals surface area contributed by atoms with Gasteiger partial charge < -0.3 is 24.7 Å². The Morgan fingerprint density at radius 2 is 2.07 bits per heavy atom. The predicted octanol–water partition coefficient (Wildman–Crippen LogP) is 2.62. The van der Waals surface area contributed by atoms with E-state index < -0.39 is 6.61 Å². The monoisotopic (exact) mass is 407 g/mol. The Hall–Kier alpha value is -3.10. The standard InChI is InChI=1S/C20H23F2N3O4/c1-12-9-15(13(2)28-12)19(27)23-10-18(26)24-14-7-8-25(11-14)16-5-3-4-6-17(16)29-20(21)22/h3-6,9,14,20H,7-8,10-11H2,1-2H3,(H,23,27)(H,24,26). The maximum absolute atomic E-state index is 12.6. The van der Waals surface area contributed by atoms with Gasteiger partial charge in [-0.1, -0.05) is 12.1 Å². The average molecular weight is 407 g/mol. The number of alkyl halides is 2. The van der Waals surface area contributed by atoms with Gasteiger partial charge in [0, 0.05) is 19.1 Å². The van der Waals surface area contributed by atoms with E-state index >= 15 is 0 Å². The molecule has 0 spiro atoms. The minimum Gasteiger partial charge on any atom is -0.466 e. The number of anilines is 1. The predicted molar refractivity (Wildman–Crippen MR) is 102 cm³/mol. The number of benzene rings is 1. The largest absolute Gasteiger partial charge is 0.466 e. The van der Waals surface area contributed by atoms with Gasteiger partial charge in [-0.25, -0.2) is 0 Å². The first-order valence-electron chi connectivity index (χ1n) is 9.27. The summed E-state index contributed by atoms with van der Waals surface area (Å²) in [6.45, 7) is 1.42. The second-order valence-electron chi connectivity index (χ2n) is 6.85. The summed E-state index contributed by atoms with van der Waals surface area (Å²) in [7, 11) is 0. The van der Waals surface area contributed by atoms with Gasteiger partial charge in [-0.3, -0.25) is 9.59 Å². The summed E-state index contributed by atoms with van der Waals surface area (Å²) in [5.74, 6) is 0.532. The van der Waals surface area contributed by atoms with Gasteiger partial charge in [0.2, 0.25) is 5.91 Å². The molecule has 7 nitrogen and oxygen atoms in total. The molecular formula is C20H23F2N3O4. The number of amides is 2. The zero-order valence-corrected chi connectivity index (χ0v) is 16.2. The lowest BCUT2D eigenvalue weighted by molar-refractivity contribution is -0.120. The number of hydrogen-bond acceptors (Lipinski definition) is 5. The van der Waals surface area contributed by atoms with Crippen molar-refractivity contribution in [2.45, 2.75) is 32.9 Å². The molecule has 1 aliphatic rings. The van der Waals surface area contributed by atoms with E-state index in [9.17, 15) is 18.4 Å². The van der Waals surface area contributed by atoms with E-state index in [1.54, 1.807) is 38.1 Å². The molecule has 1 aromatic heterocycles. The fourth-order valence-electron chi connectivity index (χ4n) is 3.40. The van der Waals surface area contributed by atoms with Gasteiger partial charge in [0.1, 0.15) is 17.3 Å². The third-order valence-corrected chi connectivity index (χ3v) is 4.67. The van der Waals surface area contributed by atoms with Crippen LogP contribution in [0.25, 0.3) is 0 Å². The summed E-state index contributed by atoms with van der Waals surface area (Å²) >= 11 is 0. The quantitative estimate of drug-likeness (QED) is 0.737. The molecule has 9 heteroatoms. The first kappa shape index (κ1) is 20.6. The Bertz CT molecular complexity index is 884. The fourth-order valence-corrected chi connectivity index (χ4v) is 3.40. The molecule has 1 unspecified atom stereocenters. The smallest absolute Gasteiger partial charge is 0.387 e. The summed E-state index contributed by atoms with van der Waals surface area (Å²) in [6, 6.07) is 8.03. The normalized spacial score (nSPS) is 16.2. The van der Waals surface area contributed by atoms with E-state index in [2.05, 4.69) is 15.4 Å². The number of halogens is 2. The molecule has 0 radical (unpaired) electrons. The third kappa shape index (κ3) is 5.24. The molecule has 29 heavy (non-hydrogen) atoms. The van der Waals surface area contributed by atoms with Crippen molar-refractivity contribution in [3.05, 3.63) is 47.4 Å². The Morgan fingerprint density at radius 3 is 2.76 bits per heavy atom. The zero-order valence-electron chi connectivity index (χ0n) is 16.2. The molecule has 1 fully saturated rings. The fraction of sp³-hybridized carbons (Fsp3) is 0.400. The maximum atomic E-state index is 12.6. The first-order chi connectivity index (χ1) is 13.8. The van der Waals surface area contributed by atoms with Crippen molar-refractivity contribution in [1.29, 1.82) is 0 Å². The van der Waals surface area contributed by atoms with Crippen LogP contribution in [0.15, 0.2) is 34.7 Å². The summed E-state index contributed by atoms with van der Waals surface area (Å²) in [5, 5.41) is 5.43. The van der Waals surface area contributed by atoms with Crippen LogP contribution in [-0.4, -0.2) is 44.1 Å². The summed E-state index contributed by atoms with van der Waals surface area (Å²) < 4.78 is 35.1. The molecule has 156 valence electrons. The van der Waals surface area contributed by atoms with Crippen molar-refractivity contribution >= 4 is 17.5 Å². The number of hydrogen-bond donors (Lipinski definition) is 2. The van der Waals surface area contributed by atoms with E-state index in [4.69, 9.17) is 4.42 Å². The van der Waals surface area contributed by atoms with Crippen LogP contribution in [0.5, 0.6) is 5.75 Å². The topological polar surface area (TPSA) is 83.8 Å². The summed E-state index contributed by atoms with van der Waals surface area (Å²) in [6.07, 6.45) is 0.655. The van der Waals surface area contributed by atoms with E-state index in [-0.39, 0.29) is 30.2 Å². The Morgan fingerprint density at radius 1 is 1.31 bits per heavy atom. The highest BCUT2D eigenvalue weighted by Gasteiger charge is 2.26. The van der Waals surface area contributed by atoms with Crippen molar-refractivity contribution < 1.29 is 27.5 Å². The number of rotatable bonds is 7. The zero-order chi connectivity index (χ0) is 21.0. The third-order valence-electron chi connectivity index (χ3n) is 4.67. The molecule has 1 saturated heterocycles. The molecule has 2 N–H and O–H groups in total. The van der Waals surface area contributed by atoms with Crippen LogP contribution < -0.4 is 20.3 Å². The molecule has 1 aliphatic heterocycles. The van der Waals surface area contributed by atoms with Crippen LogP contribution in [0.3, 0.4) is 0 Å². The molecule has 0 aliphatic carbocycles. The van der Waals surface area contributed by atoms with Crippen molar-refractivity contribution in [3.8, 4) is 5.75 Å². The van der Waals surface area contributed by atoms with Gasteiger partial charge in [0.15, 0.2) is 0 Å². The van der Waals surface area contributed by atoms with Crippen molar-refractivity contribution in [1.82, 2.24) is 10.6 Å². The van der Waals surface area contributed by atoms with E-state index in [0.29, 0.717) is 42.3 Å². The molecule has 1 aromatic carbocycles. The molecule has 1 atom stereocenters. The van der Waals surface area contributed by atoms with E-state index in [0.717, 1.165) is 0 Å². The van der Waals surface area contributed by atoms with Gasteiger partial charge >= 0.3 is 6.61 Å². The van der Waals surface area contributed by atoms with Crippen LogP contribution >= 0.6 is 0 Å². The number of carbonyl (C=O) groups is 2. The second-order valence-corrected chi connectivity index (χ2v) is 6.85. The number of furan rings is 1. The minimum absolute atomic E-state index is 0.104. The Balaban J connectivity index is 1.50. The number of ether oxygens (including phenoxy) is 1. The van der Waals surface area contributed by atoms with Crippen molar-refractivity contribution in [3.63, 3.8) is 0 Å². The number of nitrogens with one attached hydrogen (secondary N) is 2. The molecule has 0 bridgehead atoms. The van der Waals surface area contributed by atoms with Crippen LogP contribution in [0.1, 0.15) is 28.3 Å². The number of nitrogens with zero attached hydrogens (tertiary/aromatic N) is 1. The van der Waals surface area contributed by atoms with E-state index in [1.165, 1.54) is 6.07 Å². The van der Waals surface area contributed by atoms with Crippen LogP contribution in [0, 0.1) is 13.8 Å². The molecule has 2 heterocycles. The molecular weight excluding hydrogens is 384 g/mol. The summed E-state index contributed by atoms with van der Waals surface area (Å²) in [4.78, 5) is 26.2. The molecule has 2 aromatic rings. The second kappa shape index (κ2) is 8.93. The highest BCUT2D eigenvalue weighted by Crippen LogP contribution is 2.31. The lowest BCUT2D eigenvalue weighted by Crippen LogP contribution is -2.43. The number of para-hydroxylation sites is 2. The summed E-state index contributed by atoms with van der Waals surface area (Å²) in [5.41, 5.74) is 0.960. The molecule has 3 rings (SSSR count). The number of carbonyl (C=O) groups excluding carboxylic acids is 2. The number of aryl methyl sites for hydroxylation is 2. The Labute approximate surface area is 167 Å². The lowest BCUT2D eigenvalue weighted by atomic mass is 10.2. The van der Waals surface area contributed by atoms with Gasteiger partial charge in [0.05, 0.1) is 17.8 Å². The SMILES string of the molecule is Cc1cc(C(=O)NCC(=O)NC2CCN(c3ccccc3OC(F)F)C2)c(C)o1. The lowest BCUT2D eigenvalue weighted by Gasteiger charge is -2.22. The maximum Gasteiger partial charge on any atom is 0.387 e. The molecule has 2 amide bonds. The van der Waals surface area contributed by atoms with Crippen molar-refractivity contribution in [2.24, 2.45) is 0 Å². The Kier molecular flexibility index (Phi) is 6.36. The van der Waals surface area contributed by atoms with E-state index in [1.807, 2.05) is 4.90 Å². The minimum atomic E-state index is -2.90.